The minimum Gasteiger partial charge on any atom is -0.333 e. The molecule has 0 unspecified atom stereocenters. The molecule has 5 aromatic carbocycles. The molecule has 1 heterocycles. The first-order valence-corrected chi connectivity index (χ1v) is 9.76. The molecule has 6 aromatic rings. The molecule has 145 valence electrons. The Kier molecular flexibility index (Phi) is 4.71. The molecule has 1 aromatic heterocycles. The van der Waals surface area contributed by atoms with Crippen LogP contribution in [0.15, 0.2) is 103 Å². The van der Waals surface area contributed by atoms with Crippen LogP contribution in [0.5, 0.6) is 0 Å². The molecule has 0 aliphatic carbocycles. The summed E-state index contributed by atoms with van der Waals surface area (Å²) in [6.07, 6.45) is 0. The van der Waals surface area contributed by atoms with E-state index in [4.69, 9.17) is 4.98 Å². The molecule has 0 saturated carbocycles. The number of rotatable bonds is 2. The van der Waals surface area contributed by atoms with E-state index < -0.39 is 0 Å². The topological polar surface area (TPSA) is 17.8 Å². The molecule has 0 aliphatic heterocycles. The molecule has 30 heavy (non-hydrogen) atoms. The van der Waals surface area contributed by atoms with Crippen LogP contribution in [0.1, 0.15) is 0 Å². The van der Waals surface area contributed by atoms with Gasteiger partial charge in [0.05, 0.1) is 16.9 Å². The molecule has 0 N–H and O–H groups in total. The van der Waals surface area contributed by atoms with Gasteiger partial charge in [0.1, 0.15) is 0 Å². The van der Waals surface area contributed by atoms with Gasteiger partial charge in [-0.3, -0.25) is 4.98 Å². The largest absolute Gasteiger partial charge is 0.333 e. The zero-order valence-electron chi connectivity index (χ0n) is 16.0. The molecule has 1 radical (unpaired) electrons. The molecule has 0 atom stereocenters. The van der Waals surface area contributed by atoms with E-state index in [0.29, 0.717) is 0 Å². The first-order valence-electron chi connectivity index (χ1n) is 9.76. The van der Waals surface area contributed by atoms with Crippen LogP contribution in [0.3, 0.4) is 0 Å². The summed E-state index contributed by atoms with van der Waals surface area (Å²) in [5, 5.41) is 4.86. The van der Waals surface area contributed by atoms with Gasteiger partial charge in [0.15, 0.2) is 0 Å². The Labute approximate surface area is 188 Å². The van der Waals surface area contributed by atoms with E-state index in [-0.39, 0.29) is 20.1 Å². The first kappa shape index (κ1) is 18.7. The first-order chi connectivity index (χ1) is 14.4. The molecule has 0 aliphatic rings. The van der Waals surface area contributed by atoms with Gasteiger partial charge in [0.2, 0.25) is 0 Å². The Bertz CT molecular complexity index is 1490. The summed E-state index contributed by atoms with van der Waals surface area (Å²) in [7, 11) is 0. The quantitative estimate of drug-likeness (QED) is 0.168. The second-order valence-electron chi connectivity index (χ2n) is 7.17. The molecular weight excluding hydrogens is 545 g/mol. The van der Waals surface area contributed by atoms with Crippen molar-refractivity contribution in [1.82, 2.24) is 9.55 Å². The number of para-hydroxylation sites is 1. The predicted molar refractivity (Wildman–Crippen MR) is 120 cm³/mol. The van der Waals surface area contributed by atoms with E-state index in [1.807, 2.05) is 24.3 Å². The van der Waals surface area contributed by atoms with Crippen LogP contribution in [0.2, 0.25) is 0 Å². The predicted octanol–water partition coefficient (Wildman–Crippen LogP) is 6.80. The zero-order valence-corrected chi connectivity index (χ0v) is 18.4. The smallest absolute Gasteiger partial charge is 0.0859 e. The summed E-state index contributed by atoms with van der Waals surface area (Å²) in [6.45, 7) is 0. The number of hydrogen-bond acceptors (Lipinski definition) is 1. The van der Waals surface area contributed by atoms with Crippen LogP contribution in [-0.4, -0.2) is 9.55 Å². The van der Waals surface area contributed by atoms with E-state index in [2.05, 4.69) is 89.5 Å². The van der Waals surface area contributed by atoms with Gasteiger partial charge >= 0.3 is 0 Å². The van der Waals surface area contributed by atoms with Crippen LogP contribution in [-0.2, 0) is 20.1 Å². The van der Waals surface area contributed by atoms with Crippen molar-refractivity contribution in [3.8, 4) is 17.1 Å². The average Bonchev–Trinajstić information content (AvgIpc) is 3.22. The standard InChI is InChI=1S/C27H17N2.Ir/c1-3-11-19(12-4-1)27-28-25-23-17-9-7-15-21(23)22-16-8-10-18-24(22)26(25)29(27)20-13-5-2-6-14-20;/h1-11,13-18H;/q-1;. The second kappa shape index (κ2) is 7.53. The number of fused-ring (bicyclic) bond motifs is 6. The van der Waals surface area contributed by atoms with Crippen molar-refractivity contribution < 1.29 is 20.1 Å². The summed E-state index contributed by atoms with van der Waals surface area (Å²) in [5.41, 5.74) is 4.25. The van der Waals surface area contributed by atoms with Crippen LogP contribution < -0.4 is 0 Å². The molecule has 0 bridgehead atoms. The van der Waals surface area contributed by atoms with Crippen LogP contribution in [0, 0.1) is 6.07 Å². The van der Waals surface area contributed by atoms with Gasteiger partial charge in [-0.2, -0.15) is 0 Å². The van der Waals surface area contributed by atoms with Crippen LogP contribution >= 0.6 is 0 Å². The van der Waals surface area contributed by atoms with Crippen molar-refractivity contribution in [3.05, 3.63) is 109 Å². The van der Waals surface area contributed by atoms with Gasteiger partial charge < -0.3 is 4.57 Å². The Morgan fingerprint density at radius 3 is 1.90 bits per heavy atom. The summed E-state index contributed by atoms with van der Waals surface area (Å²) in [4.78, 5) is 5.17. The fraction of sp³-hybridized carbons (Fsp3) is 0. The summed E-state index contributed by atoms with van der Waals surface area (Å²) < 4.78 is 2.27. The SMILES string of the molecule is [Ir].[c-]1ccccc1-c1nc2c3ccccc3c3ccccc3c2n1-c1ccccc1. The van der Waals surface area contributed by atoms with Crippen molar-refractivity contribution in [2.75, 3.05) is 0 Å². The normalized spacial score (nSPS) is 11.1. The third-order valence-electron chi connectivity index (χ3n) is 5.50. The molecule has 0 amide bonds. The van der Waals surface area contributed by atoms with Crippen molar-refractivity contribution in [1.29, 1.82) is 0 Å². The minimum absolute atomic E-state index is 0. The third kappa shape index (κ3) is 2.79. The van der Waals surface area contributed by atoms with Crippen LogP contribution in [0.25, 0.3) is 49.7 Å². The van der Waals surface area contributed by atoms with E-state index in [1.54, 1.807) is 0 Å². The summed E-state index contributed by atoms with van der Waals surface area (Å²) in [6, 6.07) is 39.0. The van der Waals surface area contributed by atoms with Crippen molar-refractivity contribution in [3.63, 3.8) is 0 Å². The number of imidazole rings is 1. The Hall–Kier alpha value is -3.26. The molecule has 0 saturated heterocycles. The van der Waals surface area contributed by atoms with Crippen LogP contribution in [0.4, 0.5) is 0 Å². The molecular formula is C27H17IrN2-. The van der Waals surface area contributed by atoms with Gasteiger partial charge in [-0.15, -0.1) is 35.9 Å². The molecule has 0 fully saturated rings. The second-order valence-corrected chi connectivity index (χ2v) is 7.17. The van der Waals surface area contributed by atoms with Crippen molar-refractivity contribution >= 4 is 32.6 Å². The van der Waals surface area contributed by atoms with E-state index in [0.717, 1.165) is 28.1 Å². The summed E-state index contributed by atoms with van der Waals surface area (Å²) in [5.74, 6) is 0.910. The molecule has 3 heteroatoms. The number of hydrogen-bond donors (Lipinski definition) is 0. The van der Waals surface area contributed by atoms with Gasteiger partial charge in [-0.1, -0.05) is 66.7 Å². The number of benzene rings is 5. The van der Waals surface area contributed by atoms with Crippen molar-refractivity contribution in [2.45, 2.75) is 0 Å². The minimum atomic E-state index is 0. The van der Waals surface area contributed by atoms with Gasteiger partial charge in [-0.05, 0) is 22.9 Å². The molecule has 6 rings (SSSR count). The molecule has 0 spiro atoms. The summed E-state index contributed by atoms with van der Waals surface area (Å²) >= 11 is 0. The fourth-order valence-electron chi connectivity index (χ4n) is 4.25. The molecule has 2 nitrogen and oxygen atoms in total. The Morgan fingerprint density at radius 1 is 0.600 bits per heavy atom. The average molecular weight is 562 g/mol. The van der Waals surface area contributed by atoms with Crippen molar-refractivity contribution in [2.24, 2.45) is 0 Å². The van der Waals surface area contributed by atoms with Gasteiger partial charge in [0, 0.05) is 36.6 Å². The fourth-order valence-corrected chi connectivity index (χ4v) is 4.25. The van der Waals surface area contributed by atoms with Gasteiger partial charge in [0.25, 0.3) is 0 Å². The van der Waals surface area contributed by atoms with E-state index in [1.165, 1.54) is 21.5 Å². The monoisotopic (exact) mass is 562 g/mol. The maximum Gasteiger partial charge on any atom is 0.0859 e. The van der Waals surface area contributed by atoms with E-state index >= 15 is 0 Å². The number of aromatic nitrogens is 2. The maximum atomic E-state index is 5.17. The van der Waals surface area contributed by atoms with E-state index in [9.17, 15) is 0 Å². The Morgan fingerprint density at radius 2 is 1.20 bits per heavy atom. The number of nitrogens with zero attached hydrogens (tertiary/aromatic N) is 2. The maximum absolute atomic E-state index is 5.17. The Balaban J connectivity index is 0.00000193. The zero-order chi connectivity index (χ0) is 19.2. The third-order valence-corrected chi connectivity index (χ3v) is 5.50. The van der Waals surface area contributed by atoms with Gasteiger partial charge in [-0.25, -0.2) is 0 Å².